The molecule has 7 nitrogen and oxygen atoms in total. The molecule has 0 aliphatic carbocycles. The zero-order valence-electron chi connectivity index (χ0n) is 11.0. The molecule has 7 heteroatoms. The van der Waals surface area contributed by atoms with Crippen LogP contribution in [0.4, 0.5) is 0 Å². The van der Waals surface area contributed by atoms with Gasteiger partial charge in [0.2, 0.25) is 0 Å². The molecule has 1 aromatic heterocycles. The van der Waals surface area contributed by atoms with Gasteiger partial charge in [0.25, 0.3) is 0 Å². The van der Waals surface area contributed by atoms with Gasteiger partial charge in [0, 0.05) is 11.6 Å². The van der Waals surface area contributed by atoms with Crippen molar-refractivity contribution in [2.75, 3.05) is 7.11 Å². The number of aromatic nitrogens is 3. The first-order chi connectivity index (χ1) is 9.06. The van der Waals surface area contributed by atoms with Crippen molar-refractivity contribution in [2.45, 2.75) is 13.8 Å². The predicted molar refractivity (Wildman–Crippen MR) is 69.9 cm³/mol. The lowest BCUT2D eigenvalue weighted by Crippen LogP contribution is -2.17. The Balaban J connectivity index is 2.68. The van der Waals surface area contributed by atoms with E-state index in [1.807, 2.05) is 6.92 Å². The van der Waals surface area contributed by atoms with Gasteiger partial charge in [0.15, 0.2) is 5.84 Å². The Morgan fingerprint density at radius 3 is 2.68 bits per heavy atom. The van der Waals surface area contributed by atoms with Crippen LogP contribution >= 0.6 is 0 Å². The highest BCUT2D eigenvalue weighted by atomic mass is 16.5. The molecule has 0 saturated heterocycles. The van der Waals surface area contributed by atoms with Crippen molar-refractivity contribution >= 4 is 5.84 Å². The average Bonchev–Trinajstić information content (AvgIpc) is 2.76. The Kier molecular flexibility index (Phi) is 3.37. The fourth-order valence-electron chi connectivity index (χ4n) is 1.83. The van der Waals surface area contributed by atoms with Gasteiger partial charge in [-0.25, -0.2) is 9.67 Å². The molecule has 0 spiro atoms. The second-order valence-corrected chi connectivity index (χ2v) is 3.99. The Hall–Kier alpha value is -2.57. The molecule has 0 radical (unpaired) electrons. The molecule has 1 heterocycles. The number of rotatable bonds is 3. The lowest BCUT2D eigenvalue weighted by molar-refractivity contribution is 0.318. The lowest BCUT2D eigenvalue weighted by Gasteiger charge is -2.11. The summed E-state index contributed by atoms with van der Waals surface area (Å²) in [6.45, 7) is 3.63. The number of ether oxygens (including phenoxy) is 1. The predicted octanol–water partition coefficient (Wildman–Crippen LogP) is 0.987. The second kappa shape index (κ2) is 4.97. The third-order valence-corrected chi connectivity index (χ3v) is 2.69. The maximum absolute atomic E-state index is 8.85. The number of methoxy groups -OCH3 is 1. The van der Waals surface area contributed by atoms with E-state index in [2.05, 4.69) is 15.2 Å². The smallest absolute Gasteiger partial charge is 0.172 e. The first kappa shape index (κ1) is 12.9. The number of benzene rings is 1. The number of amidine groups is 1. The van der Waals surface area contributed by atoms with Gasteiger partial charge in [-0.15, -0.1) is 0 Å². The molecule has 100 valence electrons. The summed E-state index contributed by atoms with van der Waals surface area (Å²) in [6.07, 6.45) is 0. The maximum atomic E-state index is 8.85. The molecule has 0 aliphatic heterocycles. The summed E-state index contributed by atoms with van der Waals surface area (Å²) in [5, 5.41) is 16.2. The highest BCUT2D eigenvalue weighted by Gasteiger charge is 2.14. The van der Waals surface area contributed by atoms with Crippen molar-refractivity contribution in [3.63, 3.8) is 0 Å². The van der Waals surface area contributed by atoms with Crippen LogP contribution < -0.4 is 10.5 Å². The van der Waals surface area contributed by atoms with Crippen molar-refractivity contribution in [3.05, 3.63) is 35.4 Å². The van der Waals surface area contributed by atoms with Gasteiger partial charge >= 0.3 is 0 Å². The van der Waals surface area contributed by atoms with Gasteiger partial charge in [-0.05, 0) is 26.0 Å². The molecule has 0 fully saturated rings. The molecule has 0 unspecified atom stereocenters. The zero-order valence-corrected chi connectivity index (χ0v) is 11.0. The minimum absolute atomic E-state index is 0.00482. The van der Waals surface area contributed by atoms with Crippen LogP contribution in [0.25, 0.3) is 5.69 Å². The van der Waals surface area contributed by atoms with Gasteiger partial charge in [-0.1, -0.05) is 5.16 Å². The van der Waals surface area contributed by atoms with Crippen LogP contribution in [-0.4, -0.2) is 32.9 Å². The molecule has 0 aliphatic rings. The molecule has 0 amide bonds. The van der Waals surface area contributed by atoms with Crippen LogP contribution in [0.3, 0.4) is 0 Å². The molecular weight excluding hydrogens is 246 g/mol. The molecule has 19 heavy (non-hydrogen) atoms. The fourth-order valence-corrected chi connectivity index (χ4v) is 1.83. The number of nitrogens with zero attached hydrogens (tertiary/aromatic N) is 4. The van der Waals surface area contributed by atoms with Crippen LogP contribution in [0.15, 0.2) is 23.4 Å². The first-order valence-corrected chi connectivity index (χ1v) is 5.63. The van der Waals surface area contributed by atoms with E-state index < -0.39 is 0 Å². The summed E-state index contributed by atoms with van der Waals surface area (Å²) in [6, 6.07) is 5.20. The Labute approximate surface area is 110 Å². The summed E-state index contributed by atoms with van der Waals surface area (Å²) in [5.41, 5.74) is 6.88. The van der Waals surface area contributed by atoms with Gasteiger partial charge in [-0.2, -0.15) is 5.10 Å². The molecule has 1 aromatic carbocycles. The minimum Gasteiger partial charge on any atom is -0.497 e. The van der Waals surface area contributed by atoms with Crippen LogP contribution in [0.2, 0.25) is 0 Å². The van der Waals surface area contributed by atoms with Crippen LogP contribution in [0.5, 0.6) is 5.75 Å². The third kappa shape index (κ3) is 2.35. The van der Waals surface area contributed by atoms with E-state index in [0.717, 1.165) is 0 Å². The van der Waals surface area contributed by atoms with E-state index in [1.165, 1.54) is 0 Å². The van der Waals surface area contributed by atoms with E-state index in [-0.39, 0.29) is 5.84 Å². The summed E-state index contributed by atoms with van der Waals surface area (Å²) in [5.74, 6) is 2.01. The van der Waals surface area contributed by atoms with E-state index in [9.17, 15) is 0 Å². The number of aryl methyl sites for hydroxylation is 2. The number of nitrogens with two attached hydrogens (primary N) is 1. The topological polar surface area (TPSA) is 98.6 Å². The molecule has 2 aromatic rings. The minimum atomic E-state index is 0.00482. The number of hydrogen-bond donors (Lipinski definition) is 2. The molecular formula is C12H15N5O2. The van der Waals surface area contributed by atoms with Gasteiger partial charge in [0.1, 0.15) is 17.4 Å². The molecule has 0 bridgehead atoms. The van der Waals surface area contributed by atoms with Crippen LogP contribution in [0, 0.1) is 13.8 Å². The van der Waals surface area contributed by atoms with Crippen molar-refractivity contribution in [3.8, 4) is 11.4 Å². The molecule has 3 N–H and O–H groups in total. The number of oxime groups is 1. The Morgan fingerprint density at radius 2 is 2.16 bits per heavy atom. The largest absolute Gasteiger partial charge is 0.497 e. The highest BCUT2D eigenvalue weighted by molar-refractivity contribution is 6.00. The maximum Gasteiger partial charge on any atom is 0.172 e. The summed E-state index contributed by atoms with van der Waals surface area (Å²) < 4.78 is 6.82. The van der Waals surface area contributed by atoms with E-state index in [4.69, 9.17) is 15.7 Å². The van der Waals surface area contributed by atoms with Gasteiger partial charge in [-0.3, -0.25) is 0 Å². The first-order valence-electron chi connectivity index (χ1n) is 5.63. The quantitative estimate of drug-likeness (QED) is 0.371. The van der Waals surface area contributed by atoms with Gasteiger partial charge < -0.3 is 15.7 Å². The lowest BCUT2D eigenvalue weighted by atomic mass is 10.1. The van der Waals surface area contributed by atoms with Crippen molar-refractivity contribution in [1.82, 2.24) is 14.8 Å². The Bertz CT molecular complexity index is 633. The van der Waals surface area contributed by atoms with Crippen molar-refractivity contribution in [1.29, 1.82) is 0 Å². The number of hydrogen-bond acceptors (Lipinski definition) is 5. The summed E-state index contributed by atoms with van der Waals surface area (Å²) >= 11 is 0. The van der Waals surface area contributed by atoms with Crippen LogP contribution in [0.1, 0.15) is 17.2 Å². The standard InChI is InChI=1S/C12H15N5O2/c1-7-14-8(2)17(15-7)11-6-9(19-3)4-5-10(11)12(13)16-18/h4-6,18H,1-3H3,(H2,13,16). The van der Waals surface area contributed by atoms with Gasteiger partial charge in [0.05, 0.1) is 12.8 Å². The summed E-state index contributed by atoms with van der Waals surface area (Å²) in [7, 11) is 1.57. The normalized spacial score (nSPS) is 11.6. The monoisotopic (exact) mass is 261 g/mol. The second-order valence-electron chi connectivity index (χ2n) is 3.99. The zero-order chi connectivity index (χ0) is 14.0. The SMILES string of the molecule is COc1ccc(/C(N)=N/O)c(-n2nc(C)nc2C)c1. The fraction of sp³-hybridized carbons (Fsp3) is 0.250. The molecule has 2 rings (SSSR count). The van der Waals surface area contributed by atoms with Crippen molar-refractivity contribution in [2.24, 2.45) is 10.9 Å². The van der Waals surface area contributed by atoms with E-state index in [1.54, 1.807) is 36.9 Å². The van der Waals surface area contributed by atoms with Crippen molar-refractivity contribution < 1.29 is 9.94 Å². The highest BCUT2D eigenvalue weighted by Crippen LogP contribution is 2.22. The molecule has 0 saturated carbocycles. The van der Waals surface area contributed by atoms with E-state index in [0.29, 0.717) is 28.6 Å². The van der Waals surface area contributed by atoms with E-state index >= 15 is 0 Å². The third-order valence-electron chi connectivity index (χ3n) is 2.69. The summed E-state index contributed by atoms with van der Waals surface area (Å²) in [4.78, 5) is 4.24. The van der Waals surface area contributed by atoms with Crippen LogP contribution in [-0.2, 0) is 0 Å². The average molecular weight is 261 g/mol. The molecule has 0 atom stereocenters. The Morgan fingerprint density at radius 1 is 1.42 bits per heavy atom.